The second kappa shape index (κ2) is 10.4. The van der Waals surface area contributed by atoms with Crippen molar-refractivity contribution in [2.24, 2.45) is 0 Å². The summed E-state index contributed by atoms with van der Waals surface area (Å²) in [7, 11) is 2.10. The summed E-state index contributed by atoms with van der Waals surface area (Å²) >= 11 is 0. The van der Waals surface area contributed by atoms with Crippen LogP contribution in [-0.2, 0) is 0 Å². The molecular formula is C24H27N3O. The minimum atomic E-state index is -0.0535. The van der Waals surface area contributed by atoms with Gasteiger partial charge in [-0.25, -0.2) is 0 Å². The van der Waals surface area contributed by atoms with E-state index in [0.717, 1.165) is 19.5 Å². The molecule has 1 heterocycles. The SMILES string of the molecule is CN(CCNC(=O)c1ccncc1)CCC(c1ccccc1)c1ccccc1. The molecule has 1 amide bonds. The molecule has 28 heavy (non-hydrogen) atoms. The summed E-state index contributed by atoms with van der Waals surface area (Å²) < 4.78 is 0. The van der Waals surface area contributed by atoms with Crippen molar-refractivity contribution in [3.05, 3.63) is 102 Å². The van der Waals surface area contributed by atoms with E-state index in [-0.39, 0.29) is 5.91 Å². The fraction of sp³-hybridized carbons (Fsp3) is 0.250. The fourth-order valence-electron chi connectivity index (χ4n) is 3.32. The quantitative estimate of drug-likeness (QED) is 0.617. The smallest absolute Gasteiger partial charge is 0.251 e. The summed E-state index contributed by atoms with van der Waals surface area (Å²) in [6.45, 7) is 2.39. The van der Waals surface area contributed by atoms with Crippen LogP contribution in [0, 0.1) is 0 Å². The van der Waals surface area contributed by atoms with Crippen LogP contribution in [0.2, 0.25) is 0 Å². The van der Waals surface area contributed by atoms with Crippen molar-refractivity contribution in [3.63, 3.8) is 0 Å². The van der Waals surface area contributed by atoms with Crippen LogP contribution in [0.5, 0.6) is 0 Å². The first-order valence-electron chi connectivity index (χ1n) is 9.70. The molecule has 0 aliphatic heterocycles. The Bertz CT molecular complexity index is 798. The van der Waals surface area contributed by atoms with Crippen LogP contribution in [0.1, 0.15) is 33.8 Å². The topological polar surface area (TPSA) is 45.2 Å². The zero-order chi connectivity index (χ0) is 19.6. The first-order valence-corrected chi connectivity index (χ1v) is 9.70. The Morgan fingerprint density at radius 2 is 1.46 bits per heavy atom. The molecule has 0 radical (unpaired) electrons. The third-order valence-electron chi connectivity index (χ3n) is 4.92. The largest absolute Gasteiger partial charge is 0.351 e. The molecule has 0 saturated carbocycles. The molecule has 3 rings (SSSR count). The van der Waals surface area contributed by atoms with Crippen LogP contribution < -0.4 is 5.32 Å². The molecule has 2 aromatic carbocycles. The van der Waals surface area contributed by atoms with E-state index in [1.54, 1.807) is 24.5 Å². The molecule has 144 valence electrons. The number of hydrogen-bond donors (Lipinski definition) is 1. The van der Waals surface area contributed by atoms with Crippen molar-refractivity contribution in [2.75, 3.05) is 26.7 Å². The third kappa shape index (κ3) is 5.76. The Labute approximate surface area is 167 Å². The molecule has 0 fully saturated rings. The predicted octanol–water partition coefficient (Wildman–Crippen LogP) is 3.97. The number of amides is 1. The number of carbonyl (C=O) groups excluding carboxylic acids is 1. The second-order valence-corrected chi connectivity index (χ2v) is 6.96. The van der Waals surface area contributed by atoms with E-state index in [1.807, 2.05) is 0 Å². The highest BCUT2D eigenvalue weighted by Gasteiger charge is 2.14. The van der Waals surface area contributed by atoms with Gasteiger partial charge in [0, 0.05) is 37.0 Å². The molecule has 0 unspecified atom stereocenters. The number of carbonyl (C=O) groups is 1. The molecule has 3 aromatic rings. The zero-order valence-corrected chi connectivity index (χ0v) is 16.3. The molecule has 0 atom stereocenters. The van der Waals surface area contributed by atoms with Gasteiger partial charge in [0.1, 0.15) is 0 Å². The molecule has 0 aliphatic rings. The van der Waals surface area contributed by atoms with Gasteiger partial charge in [-0.15, -0.1) is 0 Å². The van der Waals surface area contributed by atoms with Gasteiger partial charge >= 0.3 is 0 Å². The van der Waals surface area contributed by atoms with E-state index in [9.17, 15) is 4.79 Å². The standard InChI is InChI=1S/C24H27N3O/c1-27(19-17-26-24(28)22-12-15-25-16-13-22)18-14-23(20-8-4-2-5-9-20)21-10-6-3-7-11-21/h2-13,15-16,23H,14,17-19H2,1H3,(H,26,28). The van der Waals surface area contributed by atoms with Crippen LogP contribution in [0.4, 0.5) is 0 Å². The molecule has 1 aromatic heterocycles. The van der Waals surface area contributed by atoms with Crippen molar-refractivity contribution in [1.82, 2.24) is 15.2 Å². The Balaban J connectivity index is 1.51. The van der Waals surface area contributed by atoms with Gasteiger partial charge in [-0.1, -0.05) is 60.7 Å². The average Bonchev–Trinajstić information content (AvgIpc) is 2.76. The lowest BCUT2D eigenvalue weighted by molar-refractivity contribution is 0.0949. The highest BCUT2D eigenvalue weighted by atomic mass is 16.1. The van der Waals surface area contributed by atoms with Crippen molar-refractivity contribution in [3.8, 4) is 0 Å². The van der Waals surface area contributed by atoms with E-state index in [4.69, 9.17) is 0 Å². The van der Waals surface area contributed by atoms with Crippen molar-refractivity contribution < 1.29 is 4.79 Å². The number of likely N-dealkylation sites (N-methyl/N-ethyl adjacent to an activating group) is 1. The number of benzene rings is 2. The van der Waals surface area contributed by atoms with Gasteiger partial charge in [0.2, 0.25) is 0 Å². The molecule has 0 spiro atoms. The van der Waals surface area contributed by atoms with E-state index in [2.05, 4.69) is 82.9 Å². The number of nitrogens with one attached hydrogen (secondary N) is 1. The van der Waals surface area contributed by atoms with E-state index < -0.39 is 0 Å². The summed E-state index contributed by atoms with van der Waals surface area (Å²) in [5, 5.41) is 2.97. The maximum absolute atomic E-state index is 12.1. The summed E-state index contributed by atoms with van der Waals surface area (Å²) in [5.41, 5.74) is 3.33. The first kappa shape index (κ1) is 19.8. The lowest BCUT2D eigenvalue weighted by Gasteiger charge is -2.23. The normalized spacial score (nSPS) is 11.0. The maximum atomic E-state index is 12.1. The summed E-state index contributed by atoms with van der Waals surface area (Å²) in [6, 6.07) is 24.8. The highest BCUT2D eigenvalue weighted by molar-refractivity contribution is 5.93. The third-order valence-corrected chi connectivity index (χ3v) is 4.92. The minimum Gasteiger partial charge on any atom is -0.351 e. The number of pyridine rings is 1. The van der Waals surface area contributed by atoms with Crippen molar-refractivity contribution in [2.45, 2.75) is 12.3 Å². The van der Waals surface area contributed by atoms with Gasteiger partial charge in [-0.3, -0.25) is 9.78 Å². The van der Waals surface area contributed by atoms with Crippen molar-refractivity contribution in [1.29, 1.82) is 0 Å². The average molecular weight is 374 g/mol. The molecule has 0 saturated heterocycles. The van der Waals surface area contributed by atoms with Crippen LogP contribution in [0.3, 0.4) is 0 Å². The molecule has 4 nitrogen and oxygen atoms in total. The van der Waals surface area contributed by atoms with Gasteiger partial charge in [0.25, 0.3) is 5.91 Å². The summed E-state index contributed by atoms with van der Waals surface area (Å²) in [5.74, 6) is 0.318. The summed E-state index contributed by atoms with van der Waals surface area (Å²) in [4.78, 5) is 18.3. The fourth-order valence-corrected chi connectivity index (χ4v) is 3.32. The number of hydrogen-bond acceptors (Lipinski definition) is 3. The maximum Gasteiger partial charge on any atom is 0.251 e. The number of nitrogens with zero attached hydrogens (tertiary/aromatic N) is 2. The number of aromatic nitrogens is 1. The minimum absolute atomic E-state index is 0.0535. The van der Waals surface area contributed by atoms with Gasteiger partial charge in [-0.05, 0) is 43.3 Å². The Morgan fingerprint density at radius 1 is 0.893 bits per heavy atom. The van der Waals surface area contributed by atoms with Gasteiger partial charge in [-0.2, -0.15) is 0 Å². The lowest BCUT2D eigenvalue weighted by Crippen LogP contribution is -2.33. The highest BCUT2D eigenvalue weighted by Crippen LogP contribution is 2.27. The molecule has 0 aliphatic carbocycles. The molecule has 4 heteroatoms. The van der Waals surface area contributed by atoms with Crippen LogP contribution in [0.15, 0.2) is 85.2 Å². The Morgan fingerprint density at radius 3 is 2.04 bits per heavy atom. The lowest BCUT2D eigenvalue weighted by atomic mass is 9.88. The second-order valence-electron chi connectivity index (χ2n) is 6.96. The van der Waals surface area contributed by atoms with Crippen molar-refractivity contribution >= 4 is 5.91 Å². The van der Waals surface area contributed by atoms with E-state index in [1.165, 1.54) is 11.1 Å². The number of rotatable bonds is 9. The van der Waals surface area contributed by atoms with Gasteiger partial charge in [0.15, 0.2) is 0 Å². The summed E-state index contributed by atoms with van der Waals surface area (Å²) in [6.07, 6.45) is 4.30. The first-order chi connectivity index (χ1) is 13.7. The zero-order valence-electron chi connectivity index (χ0n) is 16.3. The van der Waals surface area contributed by atoms with E-state index >= 15 is 0 Å². The van der Waals surface area contributed by atoms with Gasteiger partial charge < -0.3 is 10.2 Å². The predicted molar refractivity (Wildman–Crippen MR) is 113 cm³/mol. The Kier molecular flexibility index (Phi) is 7.33. The van der Waals surface area contributed by atoms with Gasteiger partial charge in [0.05, 0.1) is 0 Å². The van der Waals surface area contributed by atoms with E-state index in [0.29, 0.717) is 18.0 Å². The molecule has 0 bridgehead atoms. The van der Waals surface area contributed by atoms with Crippen LogP contribution in [0.25, 0.3) is 0 Å². The monoisotopic (exact) mass is 373 g/mol. The van der Waals surface area contributed by atoms with Crippen LogP contribution in [-0.4, -0.2) is 42.5 Å². The Hall–Kier alpha value is -2.98. The molecule has 1 N–H and O–H groups in total. The molecular weight excluding hydrogens is 346 g/mol. The van der Waals surface area contributed by atoms with Crippen LogP contribution >= 0.6 is 0 Å².